The van der Waals surface area contributed by atoms with Crippen LogP contribution in [0.2, 0.25) is 0 Å². The van der Waals surface area contributed by atoms with Crippen molar-refractivity contribution in [2.45, 2.75) is 51.1 Å². The van der Waals surface area contributed by atoms with Crippen LogP contribution in [0.5, 0.6) is 0 Å². The van der Waals surface area contributed by atoms with Gasteiger partial charge < -0.3 is 10.4 Å². The Kier molecular flexibility index (Phi) is 6.11. The van der Waals surface area contributed by atoms with Crippen molar-refractivity contribution in [3.63, 3.8) is 0 Å². The Balaban J connectivity index is 2.05. The first kappa shape index (κ1) is 19.4. The van der Waals surface area contributed by atoms with E-state index in [-0.39, 0.29) is 17.9 Å². The molecule has 0 aliphatic heterocycles. The van der Waals surface area contributed by atoms with Gasteiger partial charge in [0.1, 0.15) is 6.04 Å². The predicted octanol–water partition coefficient (Wildman–Crippen LogP) is 3.81. The molecule has 0 saturated heterocycles. The Bertz CT molecular complexity index is 809. The molecule has 1 aliphatic carbocycles. The van der Waals surface area contributed by atoms with Crippen LogP contribution in [-0.2, 0) is 9.59 Å². The number of hydrogen-bond acceptors (Lipinski definition) is 3. The molecule has 0 heterocycles. The number of hydrogen-bond donors (Lipinski definition) is 2. The second-order valence-corrected chi connectivity index (χ2v) is 7.39. The summed E-state index contributed by atoms with van der Waals surface area (Å²) in [5.41, 5.74) is 0.657. The van der Waals surface area contributed by atoms with Gasteiger partial charge >= 0.3 is 5.97 Å². The number of aliphatic carboxylic acids is 1. The van der Waals surface area contributed by atoms with Crippen LogP contribution in [0.25, 0.3) is 10.8 Å². The molecule has 5 heteroatoms. The average Bonchev–Trinajstić information content (AvgIpc) is 2.69. The maximum Gasteiger partial charge on any atom is 0.326 e. The molecular formula is C22H28N2O3. The molecule has 5 nitrogen and oxygen atoms in total. The quantitative estimate of drug-likeness (QED) is 0.813. The highest BCUT2D eigenvalue weighted by atomic mass is 16.4. The minimum absolute atomic E-state index is 0.157. The van der Waals surface area contributed by atoms with E-state index in [2.05, 4.69) is 5.32 Å². The SMILES string of the molecule is CNC(C(=O)N(c1cccc2ccccc12)[C@@H](C)C(=O)O)C1CCCCC1. The molecule has 2 atom stereocenters. The van der Waals surface area contributed by atoms with Crippen LogP contribution >= 0.6 is 0 Å². The van der Waals surface area contributed by atoms with E-state index < -0.39 is 12.0 Å². The molecule has 1 aliphatic rings. The molecule has 1 amide bonds. The van der Waals surface area contributed by atoms with E-state index in [4.69, 9.17) is 0 Å². The van der Waals surface area contributed by atoms with E-state index in [1.807, 2.05) is 42.5 Å². The first-order valence-corrected chi connectivity index (χ1v) is 9.75. The van der Waals surface area contributed by atoms with Gasteiger partial charge in [-0.05, 0) is 44.2 Å². The molecule has 0 bridgehead atoms. The minimum atomic E-state index is -1.00. The molecule has 2 N–H and O–H groups in total. The second kappa shape index (κ2) is 8.53. The van der Waals surface area contributed by atoms with Gasteiger partial charge in [0.25, 0.3) is 0 Å². The number of rotatable bonds is 6. The molecule has 0 spiro atoms. The monoisotopic (exact) mass is 368 g/mol. The predicted molar refractivity (Wildman–Crippen MR) is 108 cm³/mol. The third-order valence-corrected chi connectivity index (χ3v) is 5.71. The molecule has 2 aromatic carbocycles. The zero-order chi connectivity index (χ0) is 19.4. The van der Waals surface area contributed by atoms with Crippen molar-refractivity contribution in [1.29, 1.82) is 0 Å². The van der Waals surface area contributed by atoms with Crippen molar-refractivity contribution >= 4 is 28.3 Å². The van der Waals surface area contributed by atoms with Crippen LogP contribution in [0.15, 0.2) is 42.5 Å². The van der Waals surface area contributed by atoms with Crippen molar-refractivity contribution in [3.8, 4) is 0 Å². The van der Waals surface area contributed by atoms with Crippen LogP contribution in [0, 0.1) is 5.92 Å². The lowest BCUT2D eigenvalue weighted by Gasteiger charge is -2.35. The fourth-order valence-corrected chi connectivity index (χ4v) is 4.23. The molecule has 144 valence electrons. The summed E-state index contributed by atoms with van der Waals surface area (Å²) in [7, 11) is 1.80. The Hall–Kier alpha value is -2.40. The fraction of sp³-hybridized carbons (Fsp3) is 0.455. The third-order valence-electron chi connectivity index (χ3n) is 5.71. The van der Waals surface area contributed by atoms with Gasteiger partial charge in [0.05, 0.1) is 11.7 Å². The van der Waals surface area contributed by atoms with Gasteiger partial charge in [-0.15, -0.1) is 0 Å². The van der Waals surface area contributed by atoms with Crippen molar-refractivity contribution in [3.05, 3.63) is 42.5 Å². The number of fused-ring (bicyclic) bond motifs is 1. The van der Waals surface area contributed by atoms with E-state index >= 15 is 0 Å². The maximum absolute atomic E-state index is 13.6. The number of nitrogens with one attached hydrogen (secondary N) is 1. The zero-order valence-corrected chi connectivity index (χ0v) is 16.0. The van der Waals surface area contributed by atoms with Gasteiger partial charge in [0.15, 0.2) is 0 Å². The van der Waals surface area contributed by atoms with Gasteiger partial charge in [-0.25, -0.2) is 4.79 Å². The van der Waals surface area contributed by atoms with Gasteiger partial charge in [0.2, 0.25) is 5.91 Å². The highest BCUT2D eigenvalue weighted by Crippen LogP contribution is 2.32. The Morgan fingerprint density at radius 2 is 1.74 bits per heavy atom. The number of amides is 1. The Labute approximate surface area is 160 Å². The van der Waals surface area contributed by atoms with Crippen LogP contribution < -0.4 is 10.2 Å². The smallest absolute Gasteiger partial charge is 0.326 e. The number of carbonyl (C=O) groups excluding carboxylic acids is 1. The number of benzene rings is 2. The van der Waals surface area contributed by atoms with Crippen molar-refractivity contribution in [2.75, 3.05) is 11.9 Å². The summed E-state index contributed by atoms with van der Waals surface area (Å²) >= 11 is 0. The number of carbonyl (C=O) groups is 2. The number of anilines is 1. The molecule has 1 fully saturated rings. The lowest BCUT2D eigenvalue weighted by Crippen LogP contribution is -2.54. The summed E-state index contributed by atoms with van der Waals surface area (Å²) < 4.78 is 0. The molecule has 0 aromatic heterocycles. The van der Waals surface area contributed by atoms with Gasteiger partial charge in [-0.3, -0.25) is 9.69 Å². The Morgan fingerprint density at radius 3 is 2.41 bits per heavy atom. The van der Waals surface area contributed by atoms with Crippen LogP contribution in [0.4, 0.5) is 5.69 Å². The molecule has 2 aromatic rings. The van der Waals surface area contributed by atoms with Crippen LogP contribution in [-0.4, -0.2) is 36.1 Å². The van der Waals surface area contributed by atoms with Crippen molar-refractivity contribution < 1.29 is 14.7 Å². The minimum Gasteiger partial charge on any atom is -0.480 e. The largest absolute Gasteiger partial charge is 0.480 e. The first-order valence-electron chi connectivity index (χ1n) is 9.75. The zero-order valence-electron chi connectivity index (χ0n) is 16.0. The fourth-order valence-electron chi connectivity index (χ4n) is 4.23. The summed E-state index contributed by atoms with van der Waals surface area (Å²) in [6, 6.07) is 12.2. The van der Waals surface area contributed by atoms with E-state index in [0.717, 1.165) is 36.5 Å². The number of nitrogens with zero attached hydrogens (tertiary/aromatic N) is 1. The molecular weight excluding hydrogens is 340 g/mol. The molecule has 0 radical (unpaired) electrons. The summed E-state index contributed by atoms with van der Waals surface area (Å²) in [4.78, 5) is 26.9. The lowest BCUT2D eigenvalue weighted by molar-refractivity contribution is -0.140. The molecule has 1 unspecified atom stereocenters. The summed E-state index contributed by atoms with van der Waals surface area (Å²) in [6.45, 7) is 1.58. The third kappa shape index (κ3) is 3.98. The van der Waals surface area contributed by atoms with Gasteiger partial charge in [-0.2, -0.15) is 0 Å². The molecule has 3 rings (SSSR count). The van der Waals surface area contributed by atoms with Crippen molar-refractivity contribution in [1.82, 2.24) is 5.32 Å². The highest BCUT2D eigenvalue weighted by molar-refractivity contribution is 6.08. The summed E-state index contributed by atoms with van der Waals surface area (Å²) in [5.74, 6) is -0.917. The first-order chi connectivity index (χ1) is 13.0. The van der Waals surface area contributed by atoms with Crippen molar-refractivity contribution in [2.24, 2.45) is 5.92 Å². The highest BCUT2D eigenvalue weighted by Gasteiger charge is 2.36. The standard InChI is InChI=1S/C22H28N2O3/c1-15(22(26)27)24(19-14-8-12-16-9-6-7-13-18(16)19)21(25)20(23-2)17-10-4-3-5-11-17/h6-9,12-15,17,20,23H,3-5,10-11H2,1-2H3,(H,26,27)/t15-,20?/m0/s1. The average molecular weight is 368 g/mol. The number of carboxylic acid groups (broad SMARTS) is 1. The number of carboxylic acids is 1. The van der Waals surface area contributed by atoms with E-state index in [0.29, 0.717) is 5.69 Å². The van der Waals surface area contributed by atoms with Crippen LogP contribution in [0.1, 0.15) is 39.0 Å². The normalized spacial score (nSPS) is 17.4. The van der Waals surface area contributed by atoms with E-state index in [9.17, 15) is 14.7 Å². The summed E-state index contributed by atoms with van der Waals surface area (Å²) in [6.07, 6.45) is 5.46. The topological polar surface area (TPSA) is 69.6 Å². The lowest BCUT2D eigenvalue weighted by atomic mass is 9.83. The van der Waals surface area contributed by atoms with Crippen LogP contribution in [0.3, 0.4) is 0 Å². The van der Waals surface area contributed by atoms with E-state index in [1.165, 1.54) is 11.3 Å². The molecule has 27 heavy (non-hydrogen) atoms. The van der Waals surface area contributed by atoms with E-state index in [1.54, 1.807) is 14.0 Å². The maximum atomic E-state index is 13.6. The number of likely N-dealkylation sites (N-methyl/N-ethyl adjacent to an activating group) is 1. The summed E-state index contributed by atoms with van der Waals surface area (Å²) in [5, 5.41) is 14.7. The molecule has 1 saturated carbocycles. The Morgan fingerprint density at radius 1 is 1.07 bits per heavy atom. The van der Waals surface area contributed by atoms with Gasteiger partial charge in [0, 0.05) is 5.39 Å². The van der Waals surface area contributed by atoms with Gasteiger partial charge in [-0.1, -0.05) is 55.7 Å². The second-order valence-electron chi connectivity index (χ2n) is 7.39.